The fourth-order valence-corrected chi connectivity index (χ4v) is 2.47. The van der Waals surface area contributed by atoms with Crippen molar-refractivity contribution >= 4 is 23.5 Å². The molecule has 0 spiro atoms. The molecule has 1 saturated heterocycles. The molecule has 1 aromatic carbocycles. The van der Waals surface area contributed by atoms with Gasteiger partial charge >= 0.3 is 11.9 Å². The van der Waals surface area contributed by atoms with Crippen molar-refractivity contribution in [3.05, 3.63) is 54.1 Å². The standard InChI is InChI=1S/C9H10N2O.C9H10O4/c12-9-6-11(7-10-9)8-4-2-1-3-5-8;1-9(8(12)13)4-2-3-6(5-9)7(10)11/h1-5H,6-7H2,(H,10,12);2-4H,5H2,1H3,(H,10,11)(H,12,13). The topological polar surface area (TPSA) is 107 Å². The molecule has 1 aliphatic carbocycles. The van der Waals surface area contributed by atoms with Gasteiger partial charge in [0.25, 0.3) is 0 Å². The van der Waals surface area contributed by atoms with Crippen LogP contribution in [0.5, 0.6) is 0 Å². The molecule has 1 heterocycles. The monoisotopic (exact) mass is 344 g/mol. The van der Waals surface area contributed by atoms with Crippen LogP contribution in [-0.2, 0) is 14.4 Å². The number of amides is 1. The number of nitrogens with one attached hydrogen (secondary N) is 1. The molecule has 1 aromatic rings. The van der Waals surface area contributed by atoms with Crippen molar-refractivity contribution in [2.24, 2.45) is 5.41 Å². The maximum atomic E-state index is 10.9. The summed E-state index contributed by atoms with van der Waals surface area (Å²) in [6.45, 7) is 2.61. The highest BCUT2D eigenvalue weighted by molar-refractivity contribution is 5.90. The number of benzene rings is 1. The van der Waals surface area contributed by atoms with Crippen LogP contribution >= 0.6 is 0 Å². The number of allylic oxidation sites excluding steroid dienone is 2. The quantitative estimate of drug-likeness (QED) is 0.769. The molecular formula is C18H20N2O5. The summed E-state index contributed by atoms with van der Waals surface area (Å²) in [5.41, 5.74) is 0.144. The van der Waals surface area contributed by atoms with Gasteiger partial charge in [0.15, 0.2) is 0 Å². The van der Waals surface area contributed by atoms with Crippen LogP contribution in [0.25, 0.3) is 0 Å². The summed E-state index contributed by atoms with van der Waals surface area (Å²) in [6, 6.07) is 9.91. The maximum absolute atomic E-state index is 10.9. The Morgan fingerprint density at radius 3 is 2.40 bits per heavy atom. The highest BCUT2D eigenvalue weighted by Crippen LogP contribution is 2.31. The van der Waals surface area contributed by atoms with Gasteiger partial charge in [0, 0.05) is 11.3 Å². The predicted molar refractivity (Wildman–Crippen MR) is 92.0 cm³/mol. The molecule has 0 radical (unpaired) electrons. The molecule has 132 valence electrons. The number of para-hydroxylation sites is 1. The normalized spacial score (nSPS) is 21.7. The second kappa shape index (κ2) is 7.65. The summed E-state index contributed by atoms with van der Waals surface area (Å²) in [6.07, 6.45) is 4.43. The van der Waals surface area contributed by atoms with Gasteiger partial charge in [-0.2, -0.15) is 0 Å². The average Bonchev–Trinajstić information content (AvgIpc) is 3.03. The molecule has 1 fully saturated rings. The second-order valence-electron chi connectivity index (χ2n) is 6.05. The number of anilines is 1. The van der Waals surface area contributed by atoms with E-state index in [4.69, 9.17) is 10.2 Å². The lowest BCUT2D eigenvalue weighted by Crippen LogP contribution is -2.28. The van der Waals surface area contributed by atoms with Crippen molar-refractivity contribution in [2.75, 3.05) is 18.1 Å². The van der Waals surface area contributed by atoms with Gasteiger partial charge in [-0.1, -0.05) is 36.4 Å². The van der Waals surface area contributed by atoms with Crippen LogP contribution in [0.4, 0.5) is 5.69 Å². The van der Waals surface area contributed by atoms with Crippen molar-refractivity contribution < 1.29 is 24.6 Å². The molecule has 1 unspecified atom stereocenters. The van der Waals surface area contributed by atoms with E-state index in [1.807, 2.05) is 35.2 Å². The Balaban J connectivity index is 0.000000181. The van der Waals surface area contributed by atoms with E-state index in [1.54, 1.807) is 0 Å². The van der Waals surface area contributed by atoms with Gasteiger partial charge in [0.2, 0.25) is 5.91 Å². The molecule has 1 aliphatic heterocycles. The molecule has 1 amide bonds. The van der Waals surface area contributed by atoms with Crippen LogP contribution in [0.15, 0.2) is 54.1 Å². The number of hydrogen-bond donors (Lipinski definition) is 3. The van der Waals surface area contributed by atoms with Crippen LogP contribution in [0.2, 0.25) is 0 Å². The van der Waals surface area contributed by atoms with Gasteiger partial charge in [-0.05, 0) is 25.5 Å². The van der Waals surface area contributed by atoms with E-state index in [2.05, 4.69) is 5.32 Å². The Morgan fingerprint density at radius 2 is 1.88 bits per heavy atom. The lowest BCUT2D eigenvalue weighted by molar-refractivity contribution is -0.145. The third-order valence-electron chi connectivity index (χ3n) is 4.01. The van der Waals surface area contributed by atoms with Gasteiger partial charge in [-0.25, -0.2) is 4.79 Å². The second-order valence-corrected chi connectivity index (χ2v) is 6.05. The number of carboxylic acid groups (broad SMARTS) is 2. The fourth-order valence-electron chi connectivity index (χ4n) is 2.47. The zero-order chi connectivity index (χ0) is 18.4. The predicted octanol–water partition coefficient (Wildman–Crippen LogP) is 1.63. The summed E-state index contributed by atoms with van der Waals surface area (Å²) in [5, 5.41) is 20.2. The Bertz CT molecular complexity index is 726. The van der Waals surface area contributed by atoms with E-state index in [9.17, 15) is 14.4 Å². The van der Waals surface area contributed by atoms with Crippen molar-refractivity contribution in [2.45, 2.75) is 13.3 Å². The molecule has 0 saturated carbocycles. The van der Waals surface area contributed by atoms with E-state index in [1.165, 1.54) is 25.2 Å². The highest BCUT2D eigenvalue weighted by Gasteiger charge is 2.34. The Hall–Kier alpha value is -3.09. The van der Waals surface area contributed by atoms with Crippen LogP contribution < -0.4 is 10.2 Å². The Kier molecular flexibility index (Phi) is 5.59. The minimum Gasteiger partial charge on any atom is -0.481 e. The molecular weight excluding hydrogens is 324 g/mol. The summed E-state index contributed by atoms with van der Waals surface area (Å²) in [5.74, 6) is -1.97. The molecule has 3 rings (SSSR count). The van der Waals surface area contributed by atoms with E-state index in [0.717, 1.165) is 5.69 Å². The van der Waals surface area contributed by atoms with Crippen molar-refractivity contribution in [3.63, 3.8) is 0 Å². The van der Waals surface area contributed by atoms with Crippen molar-refractivity contribution in [3.8, 4) is 0 Å². The van der Waals surface area contributed by atoms with Crippen LogP contribution in [0.1, 0.15) is 13.3 Å². The number of aliphatic carboxylic acids is 2. The lowest BCUT2D eigenvalue weighted by Gasteiger charge is -2.23. The summed E-state index contributed by atoms with van der Waals surface area (Å²) in [7, 11) is 0. The maximum Gasteiger partial charge on any atom is 0.331 e. The van der Waals surface area contributed by atoms with Crippen LogP contribution in [0.3, 0.4) is 0 Å². The molecule has 25 heavy (non-hydrogen) atoms. The van der Waals surface area contributed by atoms with Gasteiger partial charge in [-0.15, -0.1) is 0 Å². The largest absolute Gasteiger partial charge is 0.481 e. The summed E-state index contributed by atoms with van der Waals surface area (Å²) >= 11 is 0. The minimum absolute atomic E-state index is 0.0359. The third kappa shape index (κ3) is 4.69. The number of carbonyl (C=O) groups excluding carboxylic acids is 1. The SMILES string of the molecule is CC1(C(=O)O)C=CC=C(C(=O)O)C1.O=C1CN(c2ccccc2)CN1. The van der Waals surface area contributed by atoms with E-state index in [0.29, 0.717) is 13.2 Å². The molecule has 2 aliphatic rings. The molecule has 0 bridgehead atoms. The summed E-state index contributed by atoms with van der Waals surface area (Å²) in [4.78, 5) is 34.2. The average molecular weight is 344 g/mol. The number of hydrogen-bond acceptors (Lipinski definition) is 4. The third-order valence-corrected chi connectivity index (χ3v) is 4.01. The smallest absolute Gasteiger partial charge is 0.331 e. The van der Waals surface area contributed by atoms with Crippen molar-refractivity contribution in [1.29, 1.82) is 0 Å². The number of carbonyl (C=O) groups is 3. The number of nitrogens with zero attached hydrogens (tertiary/aromatic N) is 1. The van der Waals surface area contributed by atoms with Gasteiger partial charge in [0.1, 0.15) is 0 Å². The Labute approximate surface area is 145 Å². The van der Waals surface area contributed by atoms with Crippen LogP contribution in [0, 0.1) is 5.41 Å². The molecule has 7 nitrogen and oxygen atoms in total. The zero-order valence-electron chi connectivity index (χ0n) is 13.8. The van der Waals surface area contributed by atoms with Gasteiger partial charge < -0.3 is 20.4 Å². The molecule has 0 aromatic heterocycles. The fraction of sp³-hybridized carbons (Fsp3) is 0.278. The van der Waals surface area contributed by atoms with Gasteiger partial charge in [-0.3, -0.25) is 9.59 Å². The first kappa shape index (κ1) is 18.3. The number of rotatable bonds is 3. The zero-order valence-corrected chi connectivity index (χ0v) is 13.8. The first-order chi connectivity index (χ1) is 11.8. The van der Waals surface area contributed by atoms with E-state index in [-0.39, 0.29) is 17.9 Å². The first-order valence-corrected chi connectivity index (χ1v) is 7.73. The molecule has 3 N–H and O–H groups in total. The van der Waals surface area contributed by atoms with E-state index < -0.39 is 17.4 Å². The first-order valence-electron chi connectivity index (χ1n) is 7.73. The highest BCUT2D eigenvalue weighted by atomic mass is 16.4. The number of carboxylic acids is 2. The summed E-state index contributed by atoms with van der Waals surface area (Å²) < 4.78 is 0. The van der Waals surface area contributed by atoms with Crippen molar-refractivity contribution in [1.82, 2.24) is 5.32 Å². The molecule has 7 heteroatoms. The van der Waals surface area contributed by atoms with E-state index >= 15 is 0 Å². The van der Waals surface area contributed by atoms with Gasteiger partial charge in [0.05, 0.1) is 18.6 Å². The lowest BCUT2D eigenvalue weighted by atomic mass is 9.80. The Morgan fingerprint density at radius 1 is 1.20 bits per heavy atom. The van der Waals surface area contributed by atoms with Crippen LogP contribution in [-0.4, -0.2) is 41.3 Å². The minimum atomic E-state index is -1.08. The molecule has 1 atom stereocenters.